The van der Waals surface area contributed by atoms with Gasteiger partial charge in [-0.1, -0.05) is 0 Å². The summed E-state index contributed by atoms with van der Waals surface area (Å²) in [5.41, 5.74) is 4.21. The molecule has 0 aliphatic carbocycles. The van der Waals surface area contributed by atoms with Crippen LogP contribution in [0.4, 0.5) is 0 Å². The fourth-order valence-corrected chi connectivity index (χ4v) is 2.82. The Bertz CT molecular complexity index is 903. The van der Waals surface area contributed by atoms with Gasteiger partial charge < -0.3 is 14.6 Å². The van der Waals surface area contributed by atoms with Crippen molar-refractivity contribution in [1.29, 1.82) is 0 Å². The summed E-state index contributed by atoms with van der Waals surface area (Å²) in [7, 11) is 3.25. The molecule has 25 heavy (non-hydrogen) atoms. The maximum atomic E-state index is 10.1. The molecule has 0 bridgehead atoms. The van der Waals surface area contributed by atoms with Crippen molar-refractivity contribution in [2.24, 2.45) is 0 Å². The van der Waals surface area contributed by atoms with Gasteiger partial charge in [-0.05, 0) is 38.1 Å². The number of ether oxygens (including phenoxy) is 2. The zero-order valence-electron chi connectivity index (χ0n) is 14.8. The number of hydrogen-bond acceptors (Lipinski definition) is 5. The van der Waals surface area contributed by atoms with Crippen LogP contribution < -0.4 is 9.47 Å². The first-order valence-electron chi connectivity index (χ1n) is 7.93. The summed E-state index contributed by atoms with van der Waals surface area (Å²) < 4.78 is 12.5. The van der Waals surface area contributed by atoms with Crippen molar-refractivity contribution in [3.63, 3.8) is 0 Å². The molecule has 2 aromatic heterocycles. The van der Waals surface area contributed by atoms with Gasteiger partial charge in [0.25, 0.3) is 0 Å². The first-order valence-corrected chi connectivity index (χ1v) is 7.93. The summed E-state index contributed by atoms with van der Waals surface area (Å²) in [5.74, 6) is 1.68. The first kappa shape index (κ1) is 16.8. The molecule has 3 aromatic rings. The molecule has 0 fully saturated rings. The Morgan fingerprint density at radius 2 is 1.92 bits per heavy atom. The van der Waals surface area contributed by atoms with Crippen LogP contribution >= 0.6 is 0 Å². The zero-order valence-corrected chi connectivity index (χ0v) is 14.8. The average molecular weight is 339 g/mol. The molecule has 0 spiro atoms. The number of pyridine rings is 1. The highest BCUT2D eigenvalue weighted by atomic mass is 16.5. The second-order valence-corrected chi connectivity index (χ2v) is 5.83. The van der Waals surface area contributed by atoms with Gasteiger partial charge in [-0.15, -0.1) is 0 Å². The summed E-state index contributed by atoms with van der Waals surface area (Å²) in [5, 5.41) is 14.6. The zero-order chi connectivity index (χ0) is 18.0. The molecule has 1 N–H and O–H groups in total. The molecule has 0 atom stereocenters. The molecular weight excluding hydrogens is 318 g/mol. The number of phenolic OH excluding ortho intramolecular Hbond substituents is 1. The van der Waals surface area contributed by atoms with E-state index in [1.54, 1.807) is 43.3 Å². The lowest BCUT2D eigenvalue weighted by atomic mass is 10.1. The van der Waals surface area contributed by atoms with Crippen LogP contribution in [0.25, 0.3) is 11.3 Å². The molecule has 0 aliphatic rings. The third kappa shape index (κ3) is 3.28. The Balaban J connectivity index is 1.91. The molecular formula is C19H21N3O3. The van der Waals surface area contributed by atoms with E-state index in [0.29, 0.717) is 23.6 Å². The minimum atomic E-state index is 0.164. The predicted molar refractivity (Wildman–Crippen MR) is 95.2 cm³/mol. The van der Waals surface area contributed by atoms with Crippen LogP contribution in [0.15, 0.2) is 36.7 Å². The molecule has 3 rings (SSSR count). The molecule has 1 aromatic carbocycles. The number of phenols is 1. The molecule has 130 valence electrons. The van der Waals surface area contributed by atoms with Gasteiger partial charge in [0.15, 0.2) is 0 Å². The molecule has 0 saturated heterocycles. The molecule has 2 heterocycles. The van der Waals surface area contributed by atoms with Crippen molar-refractivity contribution in [3.8, 4) is 28.5 Å². The molecule has 0 saturated carbocycles. The lowest BCUT2D eigenvalue weighted by Gasteiger charge is -2.12. The quantitative estimate of drug-likeness (QED) is 0.772. The Labute approximate surface area is 146 Å². The van der Waals surface area contributed by atoms with Crippen molar-refractivity contribution in [3.05, 3.63) is 53.5 Å². The van der Waals surface area contributed by atoms with E-state index in [9.17, 15) is 5.11 Å². The second kappa shape index (κ2) is 6.84. The van der Waals surface area contributed by atoms with Crippen molar-refractivity contribution in [2.45, 2.75) is 20.4 Å². The maximum Gasteiger partial charge on any atom is 0.128 e. The Morgan fingerprint density at radius 3 is 2.64 bits per heavy atom. The van der Waals surface area contributed by atoms with E-state index in [-0.39, 0.29) is 5.75 Å². The Kier molecular flexibility index (Phi) is 4.61. The van der Waals surface area contributed by atoms with Crippen molar-refractivity contribution in [2.75, 3.05) is 14.2 Å². The lowest BCUT2D eigenvalue weighted by Crippen LogP contribution is -2.06. The summed E-state index contributed by atoms with van der Waals surface area (Å²) >= 11 is 0. The van der Waals surface area contributed by atoms with E-state index < -0.39 is 0 Å². The van der Waals surface area contributed by atoms with E-state index in [1.807, 2.05) is 26.1 Å². The van der Waals surface area contributed by atoms with Crippen molar-refractivity contribution < 1.29 is 14.6 Å². The fourth-order valence-electron chi connectivity index (χ4n) is 2.82. The lowest BCUT2D eigenvalue weighted by molar-refractivity contribution is 0.406. The van der Waals surface area contributed by atoms with Gasteiger partial charge in [-0.25, -0.2) is 0 Å². The van der Waals surface area contributed by atoms with Gasteiger partial charge in [0.05, 0.1) is 32.2 Å². The average Bonchev–Trinajstić information content (AvgIpc) is 3.07. The largest absolute Gasteiger partial charge is 0.507 e. The molecule has 6 heteroatoms. The molecule has 0 amide bonds. The number of aromatic hydroxyl groups is 1. The maximum absolute atomic E-state index is 10.1. The van der Waals surface area contributed by atoms with Gasteiger partial charge in [-0.3, -0.25) is 9.67 Å². The number of nitrogens with zero attached hydrogens (tertiary/aromatic N) is 3. The molecule has 0 unspecified atom stereocenters. The van der Waals surface area contributed by atoms with Crippen LogP contribution in [0.1, 0.15) is 16.8 Å². The summed E-state index contributed by atoms with van der Waals surface area (Å²) in [4.78, 5) is 4.50. The highest BCUT2D eigenvalue weighted by molar-refractivity contribution is 5.68. The van der Waals surface area contributed by atoms with Crippen LogP contribution in [0.5, 0.6) is 17.2 Å². The number of rotatable bonds is 5. The van der Waals surface area contributed by atoms with Gasteiger partial charge >= 0.3 is 0 Å². The van der Waals surface area contributed by atoms with Gasteiger partial charge in [0.2, 0.25) is 0 Å². The van der Waals surface area contributed by atoms with Crippen LogP contribution in [-0.2, 0) is 6.54 Å². The highest BCUT2D eigenvalue weighted by Crippen LogP contribution is 2.31. The van der Waals surface area contributed by atoms with Gasteiger partial charge in [0, 0.05) is 29.1 Å². The van der Waals surface area contributed by atoms with Gasteiger partial charge in [-0.2, -0.15) is 5.10 Å². The summed E-state index contributed by atoms with van der Waals surface area (Å²) in [6.45, 7) is 4.49. The van der Waals surface area contributed by atoms with E-state index in [2.05, 4.69) is 10.1 Å². The van der Waals surface area contributed by atoms with Crippen LogP contribution in [0, 0.1) is 13.8 Å². The van der Waals surface area contributed by atoms with Gasteiger partial charge in [0.1, 0.15) is 17.2 Å². The fraction of sp³-hybridized carbons (Fsp3) is 0.263. The Hall–Kier alpha value is -3.02. The number of methoxy groups -OCH3 is 2. The SMILES string of the molecule is COc1ccc(O)c(-c2ccn(Cc3ncc(C)c(OC)c3C)n2)c1. The van der Waals surface area contributed by atoms with E-state index >= 15 is 0 Å². The Morgan fingerprint density at radius 1 is 1.12 bits per heavy atom. The smallest absolute Gasteiger partial charge is 0.128 e. The van der Waals surface area contributed by atoms with E-state index in [4.69, 9.17) is 9.47 Å². The third-order valence-corrected chi connectivity index (χ3v) is 4.18. The number of aromatic nitrogens is 3. The topological polar surface area (TPSA) is 69.4 Å². The van der Waals surface area contributed by atoms with E-state index in [0.717, 1.165) is 22.6 Å². The standard InChI is InChI=1S/C19H21N3O3/c1-12-10-20-17(13(2)19(12)25-4)11-22-8-7-16(21-22)15-9-14(24-3)5-6-18(15)23/h5-10,23H,11H2,1-4H3. The molecule has 6 nitrogen and oxygen atoms in total. The normalized spacial score (nSPS) is 10.7. The molecule has 0 radical (unpaired) electrons. The number of hydrogen-bond donors (Lipinski definition) is 1. The van der Waals surface area contributed by atoms with E-state index in [1.165, 1.54) is 0 Å². The molecule has 0 aliphatic heterocycles. The van der Waals surface area contributed by atoms with Crippen molar-refractivity contribution in [1.82, 2.24) is 14.8 Å². The second-order valence-electron chi connectivity index (χ2n) is 5.83. The van der Waals surface area contributed by atoms with Crippen LogP contribution in [-0.4, -0.2) is 34.1 Å². The first-order chi connectivity index (χ1) is 12.0. The monoisotopic (exact) mass is 339 g/mol. The third-order valence-electron chi connectivity index (χ3n) is 4.18. The summed E-state index contributed by atoms with van der Waals surface area (Å²) in [6.07, 6.45) is 3.67. The number of benzene rings is 1. The van der Waals surface area contributed by atoms with Crippen LogP contribution in [0.2, 0.25) is 0 Å². The minimum Gasteiger partial charge on any atom is -0.507 e. The van der Waals surface area contributed by atoms with Crippen molar-refractivity contribution >= 4 is 0 Å². The summed E-state index contributed by atoms with van der Waals surface area (Å²) in [6, 6.07) is 6.93. The highest BCUT2D eigenvalue weighted by Gasteiger charge is 2.13. The predicted octanol–water partition coefficient (Wildman–Crippen LogP) is 3.33. The minimum absolute atomic E-state index is 0.164. The van der Waals surface area contributed by atoms with Crippen LogP contribution in [0.3, 0.4) is 0 Å². The number of aryl methyl sites for hydroxylation is 1.